The highest BCUT2D eigenvalue weighted by Crippen LogP contribution is 2.47. The number of amides is 2. The molecule has 1 spiro atoms. The van der Waals surface area contributed by atoms with Gasteiger partial charge in [-0.15, -0.1) is 13.2 Å². The zero-order chi connectivity index (χ0) is 31.6. The maximum Gasteiger partial charge on any atom is 0.573 e. The number of H-pyrrole nitrogens is 1. The van der Waals surface area contributed by atoms with Crippen LogP contribution < -0.4 is 10.5 Å². The molecular formula is C31H35F4N5O4. The van der Waals surface area contributed by atoms with E-state index in [1.807, 2.05) is 20.8 Å². The molecule has 2 amide bonds. The number of piperidine rings is 1. The number of aromatic nitrogens is 2. The SMILES string of the molecule is CC(C)(C)OC(=O)N1CC2(CCc3[nH]c4ncc(F)c(C5CCN(C(=O)c6ccc(OC(F)(F)F)cc6N)CC5)c4c3C2)C1. The minimum Gasteiger partial charge on any atom is -0.444 e. The van der Waals surface area contributed by atoms with Gasteiger partial charge in [0.1, 0.15) is 22.8 Å². The molecule has 4 heterocycles. The Bertz CT molecular complexity index is 1620. The Kier molecular flexibility index (Phi) is 7.20. The molecule has 0 atom stereocenters. The van der Waals surface area contributed by atoms with Gasteiger partial charge in [-0.05, 0) is 76.5 Å². The molecule has 2 aliphatic heterocycles. The van der Waals surface area contributed by atoms with E-state index in [1.54, 1.807) is 9.80 Å². The third kappa shape index (κ3) is 5.75. The van der Waals surface area contributed by atoms with Crippen molar-refractivity contribution in [2.75, 3.05) is 31.9 Å². The van der Waals surface area contributed by atoms with Gasteiger partial charge >= 0.3 is 12.5 Å². The van der Waals surface area contributed by atoms with Crippen LogP contribution in [0.2, 0.25) is 0 Å². The van der Waals surface area contributed by atoms with E-state index in [2.05, 4.69) is 14.7 Å². The molecule has 9 nitrogen and oxygen atoms in total. The predicted octanol–water partition coefficient (Wildman–Crippen LogP) is 5.93. The Morgan fingerprint density at radius 2 is 1.82 bits per heavy atom. The molecule has 3 aromatic rings. The highest BCUT2D eigenvalue weighted by molar-refractivity contribution is 5.99. The number of nitrogens with one attached hydrogen (secondary N) is 1. The Labute approximate surface area is 251 Å². The Morgan fingerprint density at radius 3 is 2.45 bits per heavy atom. The molecule has 1 aliphatic carbocycles. The molecule has 44 heavy (non-hydrogen) atoms. The maximum absolute atomic E-state index is 15.6. The topological polar surface area (TPSA) is 114 Å². The van der Waals surface area contributed by atoms with Crippen LogP contribution in [-0.4, -0.2) is 69.9 Å². The van der Waals surface area contributed by atoms with Crippen LogP contribution in [-0.2, 0) is 17.6 Å². The highest BCUT2D eigenvalue weighted by Gasteiger charge is 2.49. The molecule has 0 bridgehead atoms. The number of likely N-dealkylation sites (tertiary alicyclic amines) is 2. The first-order valence-electron chi connectivity index (χ1n) is 14.7. The summed E-state index contributed by atoms with van der Waals surface area (Å²) in [5.74, 6) is -1.46. The Hall–Kier alpha value is -4.03. The second-order valence-corrected chi connectivity index (χ2v) is 13.2. The number of aromatic amines is 1. The average molecular weight is 618 g/mol. The second kappa shape index (κ2) is 10.6. The van der Waals surface area contributed by atoms with E-state index >= 15 is 4.39 Å². The number of ether oxygens (including phenoxy) is 2. The van der Waals surface area contributed by atoms with E-state index in [0.29, 0.717) is 56.7 Å². The first-order chi connectivity index (χ1) is 20.6. The summed E-state index contributed by atoms with van der Waals surface area (Å²) >= 11 is 0. The van der Waals surface area contributed by atoms with Gasteiger partial charge in [-0.3, -0.25) is 4.79 Å². The van der Waals surface area contributed by atoms with E-state index in [-0.39, 0.29) is 28.7 Å². The van der Waals surface area contributed by atoms with Crippen LogP contribution in [0.4, 0.5) is 28.0 Å². The van der Waals surface area contributed by atoms with Gasteiger partial charge < -0.3 is 30.0 Å². The number of hydrogen-bond acceptors (Lipinski definition) is 6. The van der Waals surface area contributed by atoms with Crippen LogP contribution in [0.1, 0.15) is 73.1 Å². The van der Waals surface area contributed by atoms with Crippen molar-refractivity contribution in [1.29, 1.82) is 0 Å². The third-order valence-electron chi connectivity index (χ3n) is 8.84. The van der Waals surface area contributed by atoms with Gasteiger partial charge in [0.15, 0.2) is 0 Å². The number of anilines is 1. The number of halogens is 4. The lowest BCUT2D eigenvalue weighted by Crippen LogP contribution is -2.61. The number of carbonyl (C=O) groups is 2. The number of nitrogen functional groups attached to an aromatic ring is 1. The lowest BCUT2D eigenvalue weighted by molar-refractivity contribution is -0.274. The number of fused-ring (bicyclic) bond motifs is 3. The van der Waals surface area contributed by atoms with Crippen molar-refractivity contribution < 1.29 is 36.6 Å². The molecule has 3 N–H and O–H groups in total. The maximum atomic E-state index is 15.6. The number of hydrogen-bond donors (Lipinski definition) is 2. The van der Waals surface area contributed by atoms with Crippen molar-refractivity contribution in [2.24, 2.45) is 5.41 Å². The lowest BCUT2D eigenvalue weighted by atomic mass is 9.67. The van der Waals surface area contributed by atoms with Crippen LogP contribution in [0.25, 0.3) is 11.0 Å². The summed E-state index contributed by atoms with van der Waals surface area (Å²) in [6.45, 7) is 7.34. The molecule has 0 saturated carbocycles. The summed E-state index contributed by atoms with van der Waals surface area (Å²) in [5, 5.41) is 0.795. The summed E-state index contributed by atoms with van der Waals surface area (Å²) in [6, 6.07) is 3.26. The van der Waals surface area contributed by atoms with E-state index < -0.39 is 29.4 Å². The standard InChI is InChI=1S/C31H35F4N5O4/c1-29(2,3)44-28(42)40-15-30(16-40)9-6-23-20(13-30)25-24(21(32)14-37-26(25)38-23)17-7-10-39(11-8-17)27(41)19-5-4-18(12-22(19)36)43-31(33,34)35/h4-5,12,14,17H,6-11,13,15-16,36H2,1-3H3,(H,37,38). The fraction of sp³-hybridized carbons (Fsp3) is 0.516. The highest BCUT2D eigenvalue weighted by atomic mass is 19.4. The molecule has 0 unspecified atom stereocenters. The van der Waals surface area contributed by atoms with Crippen LogP contribution in [0.15, 0.2) is 24.4 Å². The molecule has 3 aliphatic rings. The van der Waals surface area contributed by atoms with E-state index in [4.69, 9.17) is 10.5 Å². The summed E-state index contributed by atoms with van der Waals surface area (Å²) in [5.41, 5.74) is 8.52. The van der Waals surface area contributed by atoms with Crippen LogP contribution >= 0.6 is 0 Å². The van der Waals surface area contributed by atoms with Crippen LogP contribution in [0.3, 0.4) is 0 Å². The van der Waals surface area contributed by atoms with Crippen LogP contribution in [0, 0.1) is 11.2 Å². The summed E-state index contributed by atoms with van der Waals surface area (Å²) in [7, 11) is 0. The van der Waals surface area contributed by atoms with Crippen molar-refractivity contribution in [1.82, 2.24) is 19.8 Å². The largest absolute Gasteiger partial charge is 0.573 e. The minimum absolute atomic E-state index is 0.0846. The number of nitrogens with two attached hydrogens (primary N) is 1. The van der Waals surface area contributed by atoms with Gasteiger partial charge in [0, 0.05) is 60.0 Å². The number of nitrogens with zero attached hydrogens (tertiary/aromatic N) is 3. The first kappa shape index (κ1) is 30.0. The number of benzene rings is 1. The molecule has 13 heteroatoms. The second-order valence-electron chi connectivity index (χ2n) is 13.2. The van der Waals surface area contributed by atoms with Gasteiger partial charge in [-0.2, -0.15) is 0 Å². The Morgan fingerprint density at radius 1 is 1.11 bits per heavy atom. The van der Waals surface area contributed by atoms with Crippen molar-refractivity contribution in [3.05, 3.63) is 52.6 Å². The van der Waals surface area contributed by atoms with Crippen molar-refractivity contribution >= 4 is 28.7 Å². The Balaban J connectivity index is 1.18. The molecule has 2 saturated heterocycles. The first-order valence-corrected chi connectivity index (χ1v) is 14.7. The number of carbonyl (C=O) groups excluding carboxylic acids is 2. The number of pyridine rings is 1. The minimum atomic E-state index is -4.87. The summed E-state index contributed by atoms with van der Waals surface area (Å²) in [4.78, 5) is 36.9. The summed E-state index contributed by atoms with van der Waals surface area (Å²) in [6.07, 6.45) is -0.591. The van der Waals surface area contributed by atoms with Crippen molar-refractivity contribution in [2.45, 2.75) is 70.8 Å². The third-order valence-corrected chi connectivity index (χ3v) is 8.84. The molecule has 6 rings (SSSR count). The molecule has 0 radical (unpaired) electrons. The van der Waals surface area contributed by atoms with Gasteiger partial charge in [0.25, 0.3) is 5.91 Å². The van der Waals surface area contributed by atoms with Gasteiger partial charge in [0.05, 0.1) is 11.8 Å². The van der Waals surface area contributed by atoms with Gasteiger partial charge in [0.2, 0.25) is 0 Å². The number of rotatable bonds is 3. The smallest absolute Gasteiger partial charge is 0.444 e. The van der Waals surface area contributed by atoms with Crippen LogP contribution in [0.5, 0.6) is 5.75 Å². The normalized spacial score (nSPS) is 18.7. The van der Waals surface area contributed by atoms with E-state index in [9.17, 15) is 22.8 Å². The van der Waals surface area contributed by atoms with E-state index in [0.717, 1.165) is 41.6 Å². The summed E-state index contributed by atoms with van der Waals surface area (Å²) < 4.78 is 62.7. The molecule has 2 fully saturated rings. The molecule has 236 valence electrons. The van der Waals surface area contributed by atoms with Crippen molar-refractivity contribution in [3.63, 3.8) is 0 Å². The number of aryl methyl sites for hydroxylation is 1. The molecule has 1 aromatic carbocycles. The van der Waals surface area contributed by atoms with Gasteiger partial charge in [-0.1, -0.05) is 0 Å². The quantitative estimate of drug-likeness (QED) is 0.278. The van der Waals surface area contributed by atoms with Gasteiger partial charge in [-0.25, -0.2) is 14.2 Å². The molecule has 2 aromatic heterocycles. The zero-order valence-electron chi connectivity index (χ0n) is 24.8. The van der Waals surface area contributed by atoms with E-state index in [1.165, 1.54) is 12.3 Å². The monoisotopic (exact) mass is 617 g/mol. The molecular weight excluding hydrogens is 582 g/mol. The number of alkyl halides is 3. The van der Waals surface area contributed by atoms with Crippen molar-refractivity contribution in [3.8, 4) is 5.75 Å². The predicted molar refractivity (Wildman–Crippen MR) is 154 cm³/mol. The fourth-order valence-corrected chi connectivity index (χ4v) is 6.90. The lowest BCUT2D eigenvalue weighted by Gasteiger charge is -2.52. The fourth-order valence-electron chi connectivity index (χ4n) is 6.90. The zero-order valence-corrected chi connectivity index (χ0v) is 24.8. The average Bonchev–Trinajstić information content (AvgIpc) is 3.27.